The number of carbonyl (C=O) groups excluding carboxylic acids is 1. The molecule has 3 N–H and O–H groups in total. The molecule has 0 aliphatic heterocycles. The Kier molecular flexibility index (Phi) is 5.63. The van der Waals surface area contributed by atoms with E-state index in [2.05, 4.69) is 15.7 Å². The number of nitrogens with zero attached hydrogens (tertiary/aromatic N) is 2. The van der Waals surface area contributed by atoms with Crippen LogP contribution >= 0.6 is 11.6 Å². The molecule has 1 aromatic heterocycles. The lowest BCUT2D eigenvalue weighted by molar-refractivity contribution is 0.204. The molecule has 7 heteroatoms. The Bertz CT molecular complexity index is 670. The van der Waals surface area contributed by atoms with E-state index in [1.165, 1.54) is 0 Å². The van der Waals surface area contributed by atoms with Crippen LogP contribution in [0.3, 0.4) is 0 Å². The van der Waals surface area contributed by atoms with Crippen molar-refractivity contribution in [3.63, 3.8) is 0 Å². The van der Waals surface area contributed by atoms with E-state index in [1.54, 1.807) is 23.1 Å². The third-order valence-corrected chi connectivity index (χ3v) is 3.78. The second kappa shape index (κ2) is 7.48. The number of halogens is 1. The second-order valence-corrected chi connectivity index (χ2v) is 6.48. The number of hydrogen-bond donors (Lipinski definition) is 3. The Hall–Kier alpha value is -2.05. The minimum absolute atomic E-state index is 0.0981. The standard InChI is InChI=1S/C16H21ClN4O2/c1-16(2,7-8-22)11-18-15(23)20-12-9-19-21(10-12)14-6-4-3-5-13(14)17/h3-6,9-10,22H,7-8,11H2,1-2H3,(H2,18,20,23). The number of carbonyl (C=O) groups is 1. The molecule has 0 atom stereocenters. The molecule has 0 aliphatic carbocycles. The van der Waals surface area contributed by atoms with Crippen LogP contribution < -0.4 is 10.6 Å². The Morgan fingerprint density at radius 2 is 2.13 bits per heavy atom. The number of rotatable bonds is 6. The van der Waals surface area contributed by atoms with Crippen LogP contribution in [0.25, 0.3) is 5.69 Å². The molecule has 1 heterocycles. The molecular weight excluding hydrogens is 316 g/mol. The van der Waals surface area contributed by atoms with Gasteiger partial charge in [0.1, 0.15) is 0 Å². The summed E-state index contributed by atoms with van der Waals surface area (Å²) in [5.74, 6) is 0. The first-order chi connectivity index (χ1) is 10.9. The van der Waals surface area contributed by atoms with Gasteiger partial charge in [-0.2, -0.15) is 5.10 Å². The van der Waals surface area contributed by atoms with Gasteiger partial charge in [-0.05, 0) is 24.0 Å². The van der Waals surface area contributed by atoms with Crippen molar-refractivity contribution < 1.29 is 9.90 Å². The zero-order valence-corrected chi connectivity index (χ0v) is 14.0. The molecule has 0 bridgehead atoms. The Labute approximate surface area is 140 Å². The van der Waals surface area contributed by atoms with E-state index in [0.717, 1.165) is 5.69 Å². The molecule has 6 nitrogen and oxygen atoms in total. The van der Waals surface area contributed by atoms with Crippen molar-refractivity contribution in [3.05, 3.63) is 41.7 Å². The lowest BCUT2D eigenvalue weighted by atomic mass is 9.90. The highest BCUT2D eigenvalue weighted by atomic mass is 35.5. The molecule has 0 saturated heterocycles. The summed E-state index contributed by atoms with van der Waals surface area (Å²) in [5.41, 5.74) is 1.16. The van der Waals surface area contributed by atoms with Gasteiger partial charge in [-0.15, -0.1) is 0 Å². The van der Waals surface area contributed by atoms with Crippen LogP contribution in [-0.2, 0) is 0 Å². The Morgan fingerprint density at radius 3 is 2.83 bits per heavy atom. The van der Waals surface area contributed by atoms with Gasteiger partial charge in [0.25, 0.3) is 0 Å². The lowest BCUT2D eigenvalue weighted by Crippen LogP contribution is -2.37. The monoisotopic (exact) mass is 336 g/mol. The Balaban J connectivity index is 1.94. The van der Waals surface area contributed by atoms with Crippen molar-refractivity contribution in [2.45, 2.75) is 20.3 Å². The highest BCUT2D eigenvalue weighted by Crippen LogP contribution is 2.21. The van der Waals surface area contributed by atoms with Gasteiger partial charge in [-0.25, -0.2) is 9.48 Å². The molecule has 2 amide bonds. The lowest BCUT2D eigenvalue weighted by Gasteiger charge is -2.23. The molecule has 0 radical (unpaired) electrons. The predicted octanol–water partition coefficient (Wildman–Crippen LogP) is 3.06. The summed E-state index contributed by atoms with van der Waals surface area (Å²) in [6.45, 7) is 4.54. The van der Waals surface area contributed by atoms with Gasteiger partial charge < -0.3 is 15.7 Å². The van der Waals surface area contributed by atoms with Crippen molar-refractivity contribution in [2.24, 2.45) is 5.41 Å². The van der Waals surface area contributed by atoms with Gasteiger partial charge in [0.15, 0.2) is 0 Å². The highest BCUT2D eigenvalue weighted by molar-refractivity contribution is 6.32. The minimum atomic E-state index is -0.310. The maximum absolute atomic E-state index is 11.9. The van der Waals surface area contributed by atoms with Crippen molar-refractivity contribution in [3.8, 4) is 5.69 Å². The molecule has 2 aromatic rings. The van der Waals surface area contributed by atoms with E-state index < -0.39 is 0 Å². The smallest absolute Gasteiger partial charge is 0.319 e. The number of nitrogens with one attached hydrogen (secondary N) is 2. The average Bonchev–Trinajstić information content (AvgIpc) is 2.94. The fourth-order valence-electron chi connectivity index (χ4n) is 2.04. The van der Waals surface area contributed by atoms with Crippen LogP contribution in [0.5, 0.6) is 0 Å². The summed E-state index contributed by atoms with van der Waals surface area (Å²) in [6.07, 6.45) is 3.87. The summed E-state index contributed by atoms with van der Waals surface area (Å²) in [6, 6.07) is 7.02. The number of aliphatic hydroxyl groups excluding tert-OH is 1. The van der Waals surface area contributed by atoms with Gasteiger partial charge in [0, 0.05) is 13.2 Å². The molecule has 0 fully saturated rings. The summed E-state index contributed by atoms with van der Waals surface area (Å²) in [5, 5.41) is 19.3. The number of para-hydroxylation sites is 1. The zero-order valence-electron chi connectivity index (χ0n) is 13.2. The predicted molar refractivity (Wildman–Crippen MR) is 91.1 cm³/mol. The van der Waals surface area contributed by atoms with Crippen molar-refractivity contribution in [2.75, 3.05) is 18.5 Å². The average molecular weight is 337 g/mol. The fourth-order valence-corrected chi connectivity index (χ4v) is 2.26. The maximum Gasteiger partial charge on any atom is 0.319 e. The largest absolute Gasteiger partial charge is 0.396 e. The van der Waals surface area contributed by atoms with Crippen LogP contribution in [0.1, 0.15) is 20.3 Å². The van der Waals surface area contributed by atoms with Gasteiger partial charge in [-0.3, -0.25) is 0 Å². The van der Waals surface area contributed by atoms with E-state index in [1.807, 2.05) is 32.0 Å². The molecule has 0 unspecified atom stereocenters. The highest BCUT2D eigenvalue weighted by Gasteiger charge is 2.18. The summed E-state index contributed by atoms with van der Waals surface area (Å²) in [4.78, 5) is 11.9. The van der Waals surface area contributed by atoms with Crippen LogP contribution in [0.4, 0.5) is 10.5 Å². The normalized spacial score (nSPS) is 11.3. The third-order valence-electron chi connectivity index (χ3n) is 3.46. The summed E-state index contributed by atoms with van der Waals surface area (Å²) >= 11 is 6.12. The number of benzene rings is 1. The van der Waals surface area contributed by atoms with Gasteiger partial charge >= 0.3 is 6.03 Å². The van der Waals surface area contributed by atoms with E-state index in [0.29, 0.717) is 23.7 Å². The molecule has 0 spiro atoms. The quantitative estimate of drug-likeness (QED) is 0.758. The SMILES string of the molecule is CC(C)(CCO)CNC(=O)Nc1cnn(-c2ccccc2Cl)c1. The van der Waals surface area contributed by atoms with Crippen LogP contribution in [0, 0.1) is 5.41 Å². The first-order valence-corrected chi connectivity index (χ1v) is 7.74. The number of aromatic nitrogens is 2. The molecule has 23 heavy (non-hydrogen) atoms. The first kappa shape index (κ1) is 17.3. The molecule has 2 rings (SSSR count). The molecule has 124 valence electrons. The molecular formula is C16H21ClN4O2. The van der Waals surface area contributed by atoms with Gasteiger partial charge in [0.05, 0.1) is 28.8 Å². The molecule has 1 aromatic carbocycles. The number of anilines is 1. The van der Waals surface area contributed by atoms with E-state index in [4.69, 9.17) is 16.7 Å². The van der Waals surface area contributed by atoms with E-state index in [-0.39, 0.29) is 18.1 Å². The molecule has 0 aliphatic rings. The van der Waals surface area contributed by atoms with E-state index in [9.17, 15) is 4.79 Å². The second-order valence-electron chi connectivity index (χ2n) is 6.07. The summed E-state index contributed by atoms with van der Waals surface area (Å²) < 4.78 is 1.60. The van der Waals surface area contributed by atoms with Crippen molar-refractivity contribution >= 4 is 23.3 Å². The number of aliphatic hydroxyl groups is 1. The van der Waals surface area contributed by atoms with Gasteiger partial charge in [-0.1, -0.05) is 37.6 Å². The maximum atomic E-state index is 11.9. The van der Waals surface area contributed by atoms with E-state index >= 15 is 0 Å². The Morgan fingerprint density at radius 1 is 1.39 bits per heavy atom. The number of amides is 2. The van der Waals surface area contributed by atoms with Crippen molar-refractivity contribution in [1.29, 1.82) is 0 Å². The zero-order chi connectivity index (χ0) is 16.9. The van der Waals surface area contributed by atoms with Crippen molar-refractivity contribution in [1.82, 2.24) is 15.1 Å². The van der Waals surface area contributed by atoms with Gasteiger partial charge in [0.2, 0.25) is 0 Å². The van der Waals surface area contributed by atoms with Crippen LogP contribution in [-0.4, -0.2) is 34.1 Å². The summed E-state index contributed by atoms with van der Waals surface area (Å²) in [7, 11) is 0. The third kappa shape index (κ3) is 4.97. The topological polar surface area (TPSA) is 79.2 Å². The van der Waals surface area contributed by atoms with Crippen LogP contribution in [0.2, 0.25) is 5.02 Å². The minimum Gasteiger partial charge on any atom is -0.396 e. The number of urea groups is 1. The fraction of sp³-hybridized carbons (Fsp3) is 0.375. The number of hydrogen-bond acceptors (Lipinski definition) is 3. The molecule has 0 saturated carbocycles. The first-order valence-electron chi connectivity index (χ1n) is 7.36. The van der Waals surface area contributed by atoms with Crippen LogP contribution in [0.15, 0.2) is 36.7 Å².